The lowest BCUT2D eigenvalue weighted by Crippen LogP contribution is -2.56. The summed E-state index contributed by atoms with van der Waals surface area (Å²) in [5.41, 5.74) is 0. The van der Waals surface area contributed by atoms with E-state index < -0.39 is 93.1 Å². The normalized spacial score (nSPS) is 34.3. The maximum Gasteiger partial charge on any atom is 0.262 e. The topological polar surface area (TPSA) is 0 Å². The second-order valence-corrected chi connectivity index (χ2v) is 7.15. The summed E-state index contributed by atoms with van der Waals surface area (Å²) < 4.78 is 180. The summed E-state index contributed by atoms with van der Waals surface area (Å²) in [6.45, 7) is 0. The predicted octanol–water partition coefficient (Wildman–Crippen LogP) is 7.03. The first kappa shape index (κ1) is 23.6. The van der Waals surface area contributed by atoms with E-state index in [9.17, 15) is 61.5 Å². The van der Waals surface area contributed by atoms with Crippen LogP contribution in [0.15, 0.2) is 46.6 Å². The van der Waals surface area contributed by atoms with E-state index in [1.54, 1.807) is 0 Å². The molecule has 2 aliphatic carbocycles. The van der Waals surface area contributed by atoms with Gasteiger partial charge in [-0.2, -0.15) is 0 Å². The molecule has 0 amide bonds. The highest BCUT2D eigenvalue weighted by atomic mass is 32.2. The quantitative estimate of drug-likeness (QED) is 0.398. The van der Waals surface area contributed by atoms with E-state index in [0.29, 0.717) is 0 Å². The third-order valence-electron chi connectivity index (χ3n) is 4.06. The van der Waals surface area contributed by atoms with Crippen molar-refractivity contribution in [3.63, 3.8) is 0 Å². The number of hydrogen-bond acceptors (Lipinski definition) is 1. The van der Waals surface area contributed by atoms with Gasteiger partial charge in [0.1, 0.15) is 0 Å². The minimum absolute atomic E-state index is 1.97. The molecule has 0 nitrogen and oxygen atoms in total. The summed E-state index contributed by atoms with van der Waals surface area (Å²) in [5, 5.41) is 0. The van der Waals surface area contributed by atoms with Gasteiger partial charge >= 0.3 is 0 Å². The fraction of sp³-hybridized carbons (Fsp3) is 0.429. The average Bonchev–Trinajstić information content (AvgIpc) is 2.67. The lowest BCUT2D eigenvalue weighted by molar-refractivity contribution is 0.0398. The number of alkyl halides is 6. The van der Waals surface area contributed by atoms with E-state index in [2.05, 4.69) is 0 Å². The van der Waals surface area contributed by atoms with Crippen molar-refractivity contribution in [1.82, 2.24) is 0 Å². The van der Waals surface area contributed by atoms with Crippen LogP contribution >= 0.6 is 11.8 Å². The van der Waals surface area contributed by atoms with Gasteiger partial charge in [0.15, 0.2) is 68.5 Å². The van der Waals surface area contributed by atoms with Gasteiger partial charge in [0.05, 0.1) is 0 Å². The molecular formula is C14H4F14S. The van der Waals surface area contributed by atoms with Crippen LogP contribution in [-0.4, -0.2) is 34.7 Å². The Morgan fingerprint density at radius 1 is 0.552 bits per heavy atom. The lowest BCUT2D eigenvalue weighted by atomic mass is 9.93. The smallest absolute Gasteiger partial charge is 0.237 e. The molecule has 0 aromatic rings. The molecule has 164 valence electrons. The molecule has 4 atom stereocenters. The summed E-state index contributed by atoms with van der Waals surface area (Å²) in [6.07, 6.45) is -18.4. The summed E-state index contributed by atoms with van der Waals surface area (Å²) in [7, 11) is 0. The monoisotopic (exact) mass is 470 g/mol. The minimum Gasteiger partial charge on any atom is -0.237 e. The van der Waals surface area contributed by atoms with E-state index in [-0.39, 0.29) is 0 Å². The Morgan fingerprint density at radius 2 is 0.828 bits per heavy atom. The molecule has 2 rings (SSSR count). The second-order valence-electron chi connectivity index (χ2n) is 5.59. The van der Waals surface area contributed by atoms with Crippen LogP contribution in [-0.2, 0) is 0 Å². The molecule has 0 aromatic heterocycles. The van der Waals surface area contributed by atoms with Crippen LogP contribution < -0.4 is 0 Å². The molecule has 0 heterocycles. The molecular weight excluding hydrogens is 466 g/mol. The van der Waals surface area contributed by atoms with Gasteiger partial charge < -0.3 is 0 Å². The molecule has 0 fully saturated rings. The molecule has 15 heteroatoms. The van der Waals surface area contributed by atoms with Crippen molar-refractivity contribution in [2.75, 3.05) is 0 Å². The molecule has 0 saturated carbocycles. The Labute approximate surface area is 155 Å². The zero-order valence-electron chi connectivity index (χ0n) is 13.0. The van der Waals surface area contributed by atoms with Crippen molar-refractivity contribution in [3.05, 3.63) is 46.6 Å². The lowest BCUT2D eigenvalue weighted by Gasteiger charge is -2.44. The standard InChI is InChI=1S/C14H4F14S/c15-1-3(17)7(21)13(11(25)26,8(22)4(1)18)29-14(12(27)28)9(23)5(19)2(16)6(20)10(14)24/h7,9,11-12H. The van der Waals surface area contributed by atoms with Crippen molar-refractivity contribution in [3.8, 4) is 0 Å². The highest BCUT2D eigenvalue weighted by Gasteiger charge is 2.69. The molecule has 0 saturated heterocycles. The van der Waals surface area contributed by atoms with Crippen LogP contribution in [0, 0.1) is 0 Å². The fourth-order valence-electron chi connectivity index (χ4n) is 2.54. The van der Waals surface area contributed by atoms with Crippen LogP contribution in [0.1, 0.15) is 0 Å². The first-order valence-corrected chi connectivity index (χ1v) is 7.78. The van der Waals surface area contributed by atoms with Gasteiger partial charge in [0.25, 0.3) is 12.9 Å². The average molecular weight is 470 g/mol. The molecule has 0 aliphatic heterocycles. The van der Waals surface area contributed by atoms with Gasteiger partial charge in [-0.3, -0.25) is 0 Å². The number of rotatable bonds is 4. The van der Waals surface area contributed by atoms with Gasteiger partial charge in [0, 0.05) is 0 Å². The van der Waals surface area contributed by atoms with Gasteiger partial charge in [-0.1, -0.05) is 0 Å². The highest BCUT2D eigenvalue weighted by Crippen LogP contribution is 2.62. The first-order valence-electron chi connectivity index (χ1n) is 6.96. The van der Waals surface area contributed by atoms with Crippen LogP contribution in [0.3, 0.4) is 0 Å². The zero-order valence-corrected chi connectivity index (χ0v) is 13.8. The molecule has 0 bridgehead atoms. The molecule has 0 radical (unpaired) electrons. The third kappa shape index (κ3) is 2.98. The molecule has 2 aliphatic rings. The van der Waals surface area contributed by atoms with E-state index in [1.807, 2.05) is 0 Å². The number of thioether (sulfide) groups is 1. The van der Waals surface area contributed by atoms with Crippen molar-refractivity contribution >= 4 is 11.8 Å². The second kappa shape index (κ2) is 7.54. The van der Waals surface area contributed by atoms with Gasteiger partial charge in [0.2, 0.25) is 0 Å². The van der Waals surface area contributed by atoms with E-state index in [0.717, 1.165) is 0 Å². The number of allylic oxidation sites excluding steroid dienone is 6. The predicted molar refractivity (Wildman–Crippen MR) is 71.8 cm³/mol. The number of hydrogen-bond donors (Lipinski definition) is 0. The van der Waals surface area contributed by atoms with Gasteiger partial charge in [-0.25, -0.2) is 61.5 Å². The van der Waals surface area contributed by atoms with Crippen molar-refractivity contribution in [2.45, 2.75) is 34.7 Å². The molecule has 29 heavy (non-hydrogen) atoms. The minimum atomic E-state index is -4.95. The molecule has 0 spiro atoms. The fourth-order valence-corrected chi connectivity index (χ4v) is 4.05. The Morgan fingerprint density at radius 3 is 1.07 bits per heavy atom. The largest absolute Gasteiger partial charge is 0.262 e. The Balaban J connectivity index is 2.84. The molecule has 0 N–H and O–H groups in total. The van der Waals surface area contributed by atoms with Crippen molar-refractivity contribution in [1.29, 1.82) is 0 Å². The summed E-state index contributed by atoms with van der Waals surface area (Å²) in [6, 6.07) is 0. The van der Waals surface area contributed by atoms with Crippen LogP contribution in [0.25, 0.3) is 0 Å². The summed E-state index contributed by atoms with van der Waals surface area (Å²) >= 11 is -1.97. The van der Waals surface area contributed by atoms with E-state index in [4.69, 9.17) is 0 Å². The van der Waals surface area contributed by atoms with Crippen LogP contribution in [0.4, 0.5) is 61.5 Å². The zero-order chi connectivity index (χ0) is 22.6. The van der Waals surface area contributed by atoms with Gasteiger partial charge in [-0.05, 0) is 0 Å². The van der Waals surface area contributed by atoms with Crippen LogP contribution in [0.2, 0.25) is 0 Å². The van der Waals surface area contributed by atoms with E-state index in [1.165, 1.54) is 0 Å². The SMILES string of the molecule is FC1=C(F)C(F)C(SC2(C(F)F)C(F)=C(F)C(F)=C(F)C2F)(C(F)F)C(F)=C1F. The maximum absolute atomic E-state index is 14.1. The van der Waals surface area contributed by atoms with Crippen LogP contribution in [0.5, 0.6) is 0 Å². The third-order valence-corrected chi connectivity index (χ3v) is 5.86. The Kier molecular flexibility index (Phi) is 6.14. The summed E-state index contributed by atoms with van der Waals surface area (Å²) in [4.78, 5) is 0. The maximum atomic E-state index is 14.1. The van der Waals surface area contributed by atoms with Crippen molar-refractivity contribution in [2.24, 2.45) is 0 Å². The Bertz CT molecular complexity index is 773. The van der Waals surface area contributed by atoms with E-state index >= 15 is 0 Å². The molecule has 4 unspecified atom stereocenters. The first-order chi connectivity index (χ1) is 13.2. The summed E-state index contributed by atoms with van der Waals surface area (Å²) in [5.74, 6) is -25.1. The van der Waals surface area contributed by atoms with Gasteiger partial charge in [-0.15, -0.1) is 11.8 Å². The number of halogens is 14. The van der Waals surface area contributed by atoms with Crippen molar-refractivity contribution < 1.29 is 61.5 Å². The highest BCUT2D eigenvalue weighted by molar-refractivity contribution is 8.02. The Hall–Kier alpha value is -1.67. The molecule has 0 aromatic carbocycles.